The summed E-state index contributed by atoms with van der Waals surface area (Å²) in [7, 11) is 0. The third kappa shape index (κ3) is 5.23. The molecule has 3 aromatic heterocycles. The quantitative estimate of drug-likeness (QED) is 0.422. The summed E-state index contributed by atoms with van der Waals surface area (Å²) in [4.78, 5) is 11.9. The number of nitrogens with two attached hydrogens (primary N) is 1. The zero-order valence-corrected chi connectivity index (χ0v) is 19.9. The standard InChI is InChI=1S/C28H29N7/c1-3-21-9-7-10-22(15-21)26-16-23(17-28(29)31-26)27-19-35(33-32-27)18-24-11-8-12-25(30-24)20(2)34-13-5-4-6-14-34/h1,7-12,15-17,19-20H,4-6,13-14,18H2,2H3,(H2,29,31)/t20-/m0/s1. The third-order valence-electron chi connectivity index (χ3n) is 6.52. The zero-order chi connectivity index (χ0) is 24.2. The van der Waals surface area contributed by atoms with Crippen molar-refractivity contribution in [1.82, 2.24) is 29.9 Å². The van der Waals surface area contributed by atoms with Crippen molar-refractivity contribution in [3.8, 4) is 34.9 Å². The molecule has 2 N–H and O–H groups in total. The molecule has 0 saturated carbocycles. The second-order valence-corrected chi connectivity index (χ2v) is 9.02. The van der Waals surface area contributed by atoms with E-state index >= 15 is 0 Å². The fourth-order valence-corrected chi connectivity index (χ4v) is 4.60. The predicted molar refractivity (Wildman–Crippen MR) is 138 cm³/mol. The van der Waals surface area contributed by atoms with E-state index < -0.39 is 0 Å². The van der Waals surface area contributed by atoms with E-state index in [-0.39, 0.29) is 0 Å². The van der Waals surface area contributed by atoms with Gasteiger partial charge in [-0.2, -0.15) is 0 Å². The SMILES string of the molecule is C#Cc1cccc(-c2cc(-c3cn(Cc4cccc([C@H](C)N5CCCCC5)n4)nn3)cc(N)n2)c1. The summed E-state index contributed by atoms with van der Waals surface area (Å²) >= 11 is 0. The Hall–Kier alpha value is -4.02. The Bertz CT molecular complexity index is 1360. The van der Waals surface area contributed by atoms with Crippen LogP contribution in [-0.2, 0) is 6.54 Å². The number of terminal acetylenes is 1. The molecule has 1 fully saturated rings. The molecular formula is C28H29N7. The zero-order valence-electron chi connectivity index (χ0n) is 19.9. The maximum absolute atomic E-state index is 6.12. The van der Waals surface area contributed by atoms with Gasteiger partial charge in [-0.05, 0) is 69.3 Å². The van der Waals surface area contributed by atoms with Crippen molar-refractivity contribution in [2.24, 2.45) is 0 Å². The van der Waals surface area contributed by atoms with E-state index in [1.807, 2.05) is 53.3 Å². The molecule has 7 heteroatoms. The highest BCUT2D eigenvalue weighted by Crippen LogP contribution is 2.27. The van der Waals surface area contributed by atoms with Crippen molar-refractivity contribution in [2.45, 2.75) is 38.8 Å². The molecule has 176 valence electrons. The number of nitrogen functional groups attached to an aromatic ring is 1. The van der Waals surface area contributed by atoms with Crippen LogP contribution in [0.3, 0.4) is 0 Å². The van der Waals surface area contributed by atoms with Gasteiger partial charge in [-0.3, -0.25) is 9.88 Å². The normalized spacial score (nSPS) is 15.0. The van der Waals surface area contributed by atoms with Gasteiger partial charge in [0.15, 0.2) is 0 Å². The van der Waals surface area contributed by atoms with Gasteiger partial charge in [0.25, 0.3) is 0 Å². The third-order valence-corrected chi connectivity index (χ3v) is 6.52. The monoisotopic (exact) mass is 463 g/mol. The van der Waals surface area contributed by atoms with E-state index in [1.54, 1.807) is 0 Å². The van der Waals surface area contributed by atoms with Gasteiger partial charge in [0.2, 0.25) is 0 Å². The van der Waals surface area contributed by atoms with Gasteiger partial charge in [-0.15, -0.1) is 11.5 Å². The number of hydrogen-bond acceptors (Lipinski definition) is 6. The van der Waals surface area contributed by atoms with E-state index in [0.29, 0.717) is 18.4 Å². The first kappa shape index (κ1) is 22.8. The second kappa shape index (κ2) is 10.1. The smallest absolute Gasteiger partial charge is 0.124 e. The molecule has 5 rings (SSSR count). The van der Waals surface area contributed by atoms with Gasteiger partial charge in [0.1, 0.15) is 11.5 Å². The van der Waals surface area contributed by atoms with E-state index in [9.17, 15) is 0 Å². The summed E-state index contributed by atoms with van der Waals surface area (Å²) in [5, 5.41) is 8.72. The molecule has 35 heavy (non-hydrogen) atoms. The van der Waals surface area contributed by atoms with Crippen LogP contribution < -0.4 is 5.73 Å². The van der Waals surface area contributed by atoms with Gasteiger partial charge in [0.05, 0.1) is 29.8 Å². The number of rotatable bonds is 6. The summed E-state index contributed by atoms with van der Waals surface area (Å²) in [5.74, 6) is 3.08. The number of hydrogen-bond donors (Lipinski definition) is 1. The van der Waals surface area contributed by atoms with Crippen molar-refractivity contribution in [1.29, 1.82) is 0 Å². The Labute approximate surface area is 206 Å². The number of aromatic nitrogens is 5. The predicted octanol–water partition coefficient (Wildman–Crippen LogP) is 4.56. The second-order valence-electron chi connectivity index (χ2n) is 9.02. The lowest BCUT2D eigenvalue weighted by atomic mass is 10.1. The van der Waals surface area contributed by atoms with E-state index in [0.717, 1.165) is 52.6 Å². The van der Waals surface area contributed by atoms with Crippen LogP contribution in [0, 0.1) is 12.3 Å². The van der Waals surface area contributed by atoms with Crippen molar-refractivity contribution in [3.63, 3.8) is 0 Å². The number of pyridine rings is 2. The molecule has 1 saturated heterocycles. The van der Waals surface area contributed by atoms with Gasteiger partial charge in [-0.1, -0.05) is 35.8 Å². The maximum Gasteiger partial charge on any atom is 0.124 e. The van der Waals surface area contributed by atoms with Gasteiger partial charge in [0, 0.05) is 22.7 Å². The molecule has 0 unspecified atom stereocenters. The van der Waals surface area contributed by atoms with E-state index in [1.165, 1.54) is 19.3 Å². The molecule has 0 amide bonds. The molecule has 4 aromatic rings. The number of likely N-dealkylation sites (tertiary alicyclic amines) is 1. The lowest BCUT2D eigenvalue weighted by molar-refractivity contribution is 0.172. The molecule has 7 nitrogen and oxygen atoms in total. The molecule has 0 spiro atoms. The summed E-state index contributed by atoms with van der Waals surface area (Å²) < 4.78 is 1.81. The fourth-order valence-electron chi connectivity index (χ4n) is 4.60. The van der Waals surface area contributed by atoms with Crippen LogP contribution in [-0.4, -0.2) is 43.0 Å². The topological polar surface area (TPSA) is 85.8 Å². The van der Waals surface area contributed by atoms with E-state index in [4.69, 9.17) is 17.1 Å². The Morgan fingerprint density at radius 1 is 0.971 bits per heavy atom. The molecular weight excluding hydrogens is 434 g/mol. The Morgan fingerprint density at radius 3 is 2.63 bits per heavy atom. The minimum Gasteiger partial charge on any atom is -0.384 e. The lowest BCUT2D eigenvalue weighted by Crippen LogP contribution is -2.32. The maximum atomic E-state index is 6.12. The van der Waals surface area contributed by atoms with Crippen LogP contribution in [0.1, 0.15) is 49.2 Å². The molecule has 4 heterocycles. The van der Waals surface area contributed by atoms with Gasteiger partial charge >= 0.3 is 0 Å². The highest BCUT2D eigenvalue weighted by Gasteiger charge is 2.19. The Morgan fingerprint density at radius 2 is 1.80 bits per heavy atom. The van der Waals surface area contributed by atoms with Gasteiger partial charge < -0.3 is 5.73 Å². The fraction of sp³-hybridized carbons (Fsp3) is 0.286. The summed E-state index contributed by atoms with van der Waals surface area (Å²) in [5.41, 5.74) is 12.2. The largest absolute Gasteiger partial charge is 0.384 e. The van der Waals surface area contributed by atoms with Crippen LogP contribution in [0.2, 0.25) is 0 Å². The molecule has 1 aromatic carbocycles. The van der Waals surface area contributed by atoms with Crippen molar-refractivity contribution < 1.29 is 0 Å². The molecule has 0 aliphatic carbocycles. The Kier molecular flexibility index (Phi) is 6.55. The summed E-state index contributed by atoms with van der Waals surface area (Å²) in [6, 6.07) is 18.0. The minimum atomic E-state index is 0.313. The van der Waals surface area contributed by atoms with Crippen molar-refractivity contribution >= 4 is 5.82 Å². The molecule has 0 radical (unpaired) electrons. The van der Waals surface area contributed by atoms with Crippen LogP contribution in [0.15, 0.2) is 60.8 Å². The van der Waals surface area contributed by atoms with Gasteiger partial charge in [-0.25, -0.2) is 9.67 Å². The Balaban J connectivity index is 1.35. The average molecular weight is 464 g/mol. The lowest BCUT2D eigenvalue weighted by Gasteiger charge is -2.32. The summed E-state index contributed by atoms with van der Waals surface area (Å²) in [6.07, 6.45) is 11.3. The first-order valence-electron chi connectivity index (χ1n) is 12.0. The molecule has 1 atom stereocenters. The van der Waals surface area contributed by atoms with Crippen LogP contribution in [0.5, 0.6) is 0 Å². The first-order chi connectivity index (χ1) is 17.1. The highest BCUT2D eigenvalue weighted by molar-refractivity contribution is 5.71. The number of piperidine rings is 1. The highest BCUT2D eigenvalue weighted by atomic mass is 15.4. The molecule has 1 aliphatic heterocycles. The van der Waals surface area contributed by atoms with E-state index in [2.05, 4.69) is 45.2 Å². The molecule has 1 aliphatic rings. The average Bonchev–Trinajstić information content (AvgIpc) is 3.37. The van der Waals surface area contributed by atoms with Crippen LogP contribution in [0.4, 0.5) is 5.82 Å². The van der Waals surface area contributed by atoms with Crippen molar-refractivity contribution in [3.05, 3.63) is 77.7 Å². The minimum absolute atomic E-state index is 0.313. The number of anilines is 1. The molecule has 0 bridgehead atoms. The van der Waals surface area contributed by atoms with Crippen LogP contribution in [0.25, 0.3) is 22.5 Å². The first-order valence-corrected chi connectivity index (χ1v) is 12.0. The van der Waals surface area contributed by atoms with Crippen molar-refractivity contribution in [2.75, 3.05) is 18.8 Å². The summed E-state index contributed by atoms with van der Waals surface area (Å²) in [6.45, 7) is 5.08. The number of benzene rings is 1. The van der Waals surface area contributed by atoms with Crippen LogP contribution >= 0.6 is 0 Å². The number of nitrogens with zero attached hydrogens (tertiary/aromatic N) is 6.